The number of aryl methyl sites for hydroxylation is 1. The maximum absolute atomic E-state index is 12.6. The molecule has 1 saturated heterocycles. The smallest absolute Gasteiger partial charge is 0.251 e. The van der Waals surface area contributed by atoms with Crippen LogP contribution in [-0.2, 0) is 11.2 Å². The topological polar surface area (TPSA) is 50.8 Å². The van der Waals surface area contributed by atoms with E-state index in [1.54, 1.807) is 12.1 Å². The van der Waals surface area contributed by atoms with E-state index in [2.05, 4.69) is 41.4 Å². The number of nitrogens with zero attached hydrogens (tertiary/aromatic N) is 1. The van der Waals surface area contributed by atoms with Crippen molar-refractivity contribution in [2.24, 2.45) is 0 Å². The maximum atomic E-state index is 12.6. The molecular weight excluding hydrogens is 364 g/mol. The van der Waals surface area contributed by atoms with Gasteiger partial charge in [0.15, 0.2) is 0 Å². The Morgan fingerprint density at radius 1 is 1.17 bits per heavy atom. The van der Waals surface area contributed by atoms with Crippen molar-refractivity contribution in [3.63, 3.8) is 0 Å². The fourth-order valence-electron chi connectivity index (χ4n) is 3.53. The first-order chi connectivity index (χ1) is 14.1. The van der Waals surface area contributed by atoms with E-state index >= 15 is 0 Å². The van der Waals surface area contributed by atoms with Crippen molar-refractivity contribution >= 4 is 5.91 Å². The molecule has 3 rings (SSSR count). The van der Waals surface area contributed by atoms with Crippen molar-refractivity contribution in [3.8, 4) is 5.75 Å². The molecule has 5 nitrogen and oxygen atoms in total. The molecule has 1 fully saturated rings. The zero-order chi connectivity index (χ0) is 20.6. The van der Waals surface area contributed by atoms with Crippen molar-refractivity contribution in [1.29, 1.82) is 0 Å². The van der Waals surface area contributed by atoms with Gasteiger partial charge in [-0.2, -0.15) is 0 Å². The van der Waals surface area contributed by atoms with Gasteiger partial charge in [-0.25, -0.2) is 0 Å². The van der Waals surface area contributed by atoms with Crippen LogP contribution in [0.15, 0.2) is 48.5 Å². The molecule has 0 aromatic heterocycles. The van der Waals surface area contributed by atoms with E-state index in [-0.39, 0.29) is 18.1 Å². The monoisotopic (exact) mass is 396 g/mol. The van der Waals surface area contributed by atoms with E-state index < -0.39 is 0 Å². The van der Waals surface area contributed by atoms with Gasteiger partial charge < -0.3 is 19.7 Å². The van der Waals surface area contributed by atoms with Gasteiger partial charge in [-0.3, -0.25) is 4.79 Å². The Labute approximate surface area is 174 Å². The molecule has 0 bridgehead atoms. The highest BCUT2D eigenvalue weighted by Gasteiger charge is 2.17. The summed E-state index contributed by atoms with van der Waals surface area (Å²) in [5.74, 6) is 0.687. The quantitative estimate of drug-likeness (QED) is 0.700. The summed E-state index contributed by atoms with van der Waals surface area (Å²) in [4.78, 5) is 14.7. The Kier molecular flexibility index (Phi) is 7.67. The molecule has 1 amide bonds. The van der Waals surface area contributed by atoms with Crippen LogP contribution in [0.5, 0.6) is 5.75 Å². The number of hydrogen-bond donors (Lipinski definition) is 1. The Morgan fingerprint density at radius 3 is 2.48 bits per heavy atom. The molecule has 1 aliphatic heterocycles. The van der Waals surface area contributed by atoms with Gasteiger partial charge in [0.2, 0.25) is 0 Å². The predicted molar refractivity (Wildman–Crippen MR) is 115 cm³/mol. The average molecular weight is 397 g/mol. The van der Waals surface area contributed by atoms with Crippen LogP contribution >= 0.6 is 0 Å². The average Bonchev–Trinajstić information content (AvgIpc) is 3.26. The largest absolute Gasteiger partial charge is 0.491 e. The normalized spacial score (nSPS) is 17.3. The van der Waals surface area contributed by atoms with Gasteiger partial charge in [-0.05, 0) is 68.8 Å². The lowest BCUT2D eigenvalue weighted by molar-refractivity contribution is 0.0679. The van der Waals surface area contributed by atoms with E-state index in [9.17, 15) is 4.79 Å². The number of rotatable bonds is 9. The van der Waals surface area contributed by atoms with Crippen LogP contribution in [0.4, 0.5) is 0 Å². The van der Waals surface area contributed by atoms with Crippen molar-refractivity contribution in [2.75, 3.05) is 33.9 Å². The highest BCUT2D eigenvalue weighted by molar-refractivity contribution is 5.94. The summed E-state index contributed by atoms with van der Waals surface area (Å²) >= 11 is 0. The number of ether oxygens (including phenoxy) is 2. The molecule has 0 aliphatic carbocycles. The fraction of sp³-hybridized carbons (Fsp3) is 0.458. The first kappa shape index (κ1) is 21.3. The molecule has 29 heavy (non-hydrogen) atoms. The fourth-order valence-corrected chi connectivity index (χ4v) is 3.53. The van der Waals surface area contributed by atoms with Crippen molar-refractivity contribution in [2.45, 2.75) is 38.3 Å². The second-order valence-electron chi connectivity index (χ2n) is 7.75. The number of likely N-dealkylation sites (N-methyl/N-ethyl adjacent to an activating group) is 1. The molecule has 1 N–H and O–H groups in total. The van der Waals surface area contributed by atoms with Gasteiger partial charge in [0.25, 0.3) is 5.91 Å². The Morgan fingerprint density at radius 2 is 1.90 bits per heavy atom. The lowest BCUT2D eigenvalue weighted by Crippen LogP contribution is -2.34. The zero-order valence-electron chi connectivity index (χ0n) is 17.7. The van der Waals surface area contributed by atoms with Gasteiger partial charge >= 0.3 is 0 Å². The predicted octanol–water partition coefficient (Wildman–Crippen LogP) is 3.84. The van der Waals surface area contributed by atoms with Crippen LogP contribution in [0.3, 0.4) is 0 Å². The van der Waals surface area contributed by atoms with Gasteiger partial charge in [0, 0.05) is 18.7 Å². The van der Waals surface area contributed by atoms with Crippen LogP contribution < -0.4 is 10.1 Å². The van der Waals surface area contributed by atoms with Gasteiger partial charge in [-0.15, -0.1) is 0 Å². The molecule has 1 aliphatic rings. The highest BCUT2D eigenvalue weighted by atomic mass is 16.5. The summed E-state index contributed by atoms with van der Waals surface area (Å²) in [5.41, 5.74) is 3.15. The summed E-state index contributed by atoms with van der Waals surface area (Å²) in [7, 11) is 4.06. The van der Waals surface area contributed by atoms with Crippen LogP contribution in [-0.4, -0.2) is 50.8 Å². The summed E-state index contributed by atoms with van der Waals surface area (Å²) in [6.45, 7) is 4.09. The highest BCUT2D eigenvalue weighted by Crippen LogP contribution is 2.19. The third-order valence-corrected chi connectivity index (χ3v) is 5.43. The molecule has 2 unspecified atom stereocenters. The molecule has 156 valence electrons. The summed E-state index contributed by atoms with van der Waals surface area (Å²) < 4.78 is 11.3. The first-order valence-electron chi connectivity index (χ1n) is 10.4. The van der Waals surface area contributed by atoms with Crippen molar-refractivity contribution in [1.82, 2.24) is 10.2 Å². The summed E-state index contributed by atoms with van der Waals surface area (Å²) in [6.07, 6.45) is 3.36. The lowest BCUT2D eigenvalue weighted by atomic mass is 10.0. The van der Waals surface area contributed by atoms with E-state index in [0.29, 0.717) is 18.7 Å². The van der Waals surface area contributed by atoms with Crippen LogP contribution in [0, 0.1) is 0 Å². The molecule has 2 atom stereocenters. The molecule has 0 saturated carbocycles. The number of hydrogen-bond acceptors (Lipinski definition) is 4. The number of benzene rings is 2. The minimum Gasteiger partial charge on any atom is -0.491 e. The Hall–Kier alpha value is -2.37. The lowest BCUT2D eigenvalue weighted by Gasteiger charge is -2.25. The third kappa shape index (κ3) is 6.05. The molecule has 5 heteroatoms. The minimum atomic E-state index is -0.0762. The SMILES string of the molecule is CCc1ccc(C(CNC(=O)c2ccc(OCC3CCCO3)cc2)N(C)C)cc1. The zero-order valence-corrected chi connectivity index (χ0v) is 17.7. The number of nitrogens with one attached hydrogen (secondary N) is 1. The van der Waals surface area contributed by atoms with E-state index in [0.717, 1.165) is 31.6 Å². The second kappa shape index (κ2) is 10.4. The maximum Gasteiger partial charge on any atom is 0.251 e. The standard InChI is InChI=1S/C24H32N2O3/c1-4-18-7-9-19(10-8-18)23(26(2)3)16-25-24(27)20-11-13-21(14-12-20)29-17-22-6-5-15-28-22/h7-14,22-23H,4-6,15-17H2,1-3H3,(H,25,27). The molecule has 2 aromatic rings. The number of carbonyl (C=O) groups excluding carboxylic acids is 1. The number of amides is 1. The third-order valence-electron chi connectivity index (χ3n) is 5.43. The Balaban J connectivity index is 1.53. The second-order valence-corrected chi connectivity index (χ2v) is 7.75. The summed E-state index contributed by atoms with van der Waals surface area (Å²) in [5, 5.41) is 3.06. The van der Waals surface area contributed by atoms with Gasteiger partial charge in [-0.1, -0.05) is 31.2 Å². The van der Waals surface area contributed by atoms with E-state index in [4.69, 9.17) is 9.47 Å². The molecule has 1 heterocycles. The van der Waals surface area contributed by atoms with E-state index in [1.165, 1.54) is 11.1 Å². The van der Waals surface area contributed by atoms with Crippen molar-refractivity contribution < 1.29 is 14.3 Å². The van der Waals surface area contributed by atoms with Crippen molar-refractivity contribution in [3.05, 3.63) is 65.2 Å². The molecule has 0 spiro atoms. The van der Waals surface area contributed by atoms with Crippen LogP contribution in [0.1, 0.15) is 47.3 Å². The first-order valence-corrected chi connectivity index (χ1v) is 10.4. The number of carbonyl (C=O) groups is 1. The van der Waals surface area contributed by atoms with Crippen LogP contribution in [0.25, 0.3) is 0 Å². The van der Waals surface area contributed by atoms with E-state index in [1.807, 2.05) is 26.2 Å². The molecule has 2 aromatic carbocycles. The summed E-state index contributed by atoms with van der Waals surface area (Å²) in [6, 6.07) is 16.0. The van der Waals surface area contributed by atoms with Gasteiger partial charge in [0.05, 0.1) is 12.1 Å². The van der Waals surface area contributed by atoms with Crippen LogP contribution in [0.2, 0.25) is 0 Å². The minimum absolute atomic E-state index is 0.0762. The molecular formula is C24H32N2O3. The van der Waals surface area contributed by atoms with Gasteiger partial charge in [0.1, 0.15) is 12.4 Å². The molecule has 0 radical (unpaired) electrons. The Bertz CT molecular complexity index is 766.